The van der Waals surface area contributed by atoms with Crippen LogP contribution in [-0.4, -0.2) is 9.55 Å². The van der Waals surface area contributed by atoms with Crippen molar-refractivity contribution in [2.45, 2.75) is 6.04 Å². The van der Waals surface area contributed by atoms with Gasteiger partial charge >= 0.3 is 0 Å². The lowest BCUT2D eigenvalue weighted by molar-refractivity contribution is 0.622. The normalized spacial score (nSPS) is 12.2. The SMILES string of the molecule is Nc1ccc(C(c2ccc(F)cc2)n2ccnc2)cc1N. The van der Waals surface area contributed by atoms with E-state index in [-0.39, 0.29) is 11.9 Å². The number of anilines is 2. The van der Waals surface area contributed by atoms with Gasteiger partial charge in [0.1, 0.15) is 5.82 Å². The molecule has 0 amide bonds. The van der Waals surface area contributed by atoms with E-state index in [1.165, 1.54) is 12.1 Å². The Bertz CT molecular complexity index is 735. The Morgan fingerprint density at radius 1 is 0.952 bits per heavy atom. The lowest BCUT2D eigenvalue weighted by Crippen LogP contribution is -2.11. The predicted octanol–water partition coefficient (Wildman–Crippen LogP) is 2.82. The number of halogens is 1. The minimum atomic E-state index is -0.264. The van der Waals surface area contributed by atoms with Crippen LogP contribution in [0.3, 0.4) is 0 Å². The molecule has 0 saturated heterocycles. The summed E-state index contributed by atoms with van der Waals surface area (Å²) in [6.07, 6.45) is 5.29. The Balaban J connectivity index is 2.12. The second kappa shape index (κ2) is 5.28. The molecule has 0 spiro atoms. The molecule has 1 heterocycles. The lowest BCUT2D eigenvalue weighted by Gasteiger charge is -2.20. The van der Waals surface area contributed by atoms with E-state index in [1.807, 2.05) is 22.9 Å². The number of hydrogen-bond donors (Lipinski definition) is 2. The number of nitrogens with zero attached hydrogens (tertiary/aromatic N) is 2. The minimum absolute atomic E-state index is 0.129. The number of benzene rings is 2. The first-order chi connectivity index (χ1) is 10.1. The number of nitrogen functional groups attached to an aromatic ring is 2. The summed E-state index contributed by atoms with van der Waals surface area (Å²) in [6.45, 7) is 0. The second-order valence-electron chi connectivity index (χ2n) is 4.85. The van der Waals surface area contributed by atoms with Crippen molar-refractivity contribution in [2.75, 3.05) is 11.5 Å². The third-order valence-electron chi connectivity index (χ3n) is 3.44. The number of nitrogens with two attached hydrogens (primary N) is 2. The maximum absolute atomic E-state index is 13.2. The number of aromatic nitrogens is 2. The Labute approximate surface area is 121 Å². The van der Waals surface area contributed by atoms with E-state index in [1.54, 1.807) is 30.7 Å². The highest BCUT2D eigenvalue weighted by atomic mass is 19.1. The van der Waals surface area contributed by atoms with Gasteiger partial charge in [0.25, 0.3) is 0 Å². The summed E-state index contributed by atoms with van der Waals surface area (Å²) in [6, 6.07) is 11.8. The van der Waals surface area contributed by atoms with Crippen molar-refractivity contribution in [3.63, 3.8) is 0 Å². The van der Waals surface area contributed by atoms with Crippen LogP contribution in [-0.2, 0) is 0 Å². The molecule has 1 aromatic heterocycles. The van der Waals surface area contributed by atoms with Crippen LogP contribution in [0.1, 0.15) is 17.2 Å². The van der Waals surface area contributed by atoms with Gasteiger partial charge in [-0.1, -0.05) is 18.2 Å². The van der Waals surface area contributed by atoms with Crippen molar-refractivity contribution in [1.29, 1.82) is 0 Å². The first-order valence-electron chi connectivity index (χ1n) is 6.53. The van der Waals surface area contributed by atoms with Crippen LogP contribution < -0.4 is 11.5 Å². The standard InChI is InChI=1S/C16H15FN4/c17-13-4-1-11(2-5-13)16(21-8-7-20-10-21)12-3-6-14(18)15(19)9-12/h1-10,16H,18-19H2. The molecule has 0 bridgehead atoms. The maximum Gasteiger partial charge on any atom is 0.123 e. The summed E-state index contributed by atoms with van der Waals surface area (Å²) < 4.78 is 15.1. The Hall–Kier alpha value is -2.82. The molecule has 5 heteroatoms. The Morgan fingerprint density at radius 2 is 1.67 bits per heavy atom. The van der Waals surface area contributed by atoms with Crippen LogP contribution in [0.5, 0.6) is 0 Å². The molecule has 21 heavy (non-hydrogen) atoms. The van der Waals surface area contributed by atoms with Gasteiger partial charge in [0, 0.05) is 12.4 Å². The second-order valence-corrected chi connectivity index (χ2v) is 4.85. The summed E-state index contributed by atoms with van der Waals surface area (Å²) in [5.41, 5.74) is 14.7. The summed E-state index contributed by atoms with van der Waals surface area (Å²) in [5.74, 6) is -0.264. The highest BCUT2D eigenvalue weighted by Gasteiger charge is 2.16. The van der Waals surface area contributed by atoms with Gasteiger partial charge in [0.2, 0.25) is 0 Å². The topological polar surface area (TPSA) is 69.9 Å². The number of hydrogen-bond acceptors (Lipinski definition) is 3. The molecule has 0 aliphatic rings. The van der Waals surface area contributed by atoms with E-state index in [0.29, 0.717) is 11.4 Å². The predicted molar refractivity (Wildman–Crippen MR) is 81.1 cm³/mol. The van der Waals surface area contributed by atoms with Gasteiger partial charge in [-0.15, -0.1) is 0 Å². The summed E-state index contributed by atoms with van der Waals surface area (Å²) in [7, 11) is 0. The van der Waals surface area contributed by atoms with Crippen LogP contribution >= 0.6 is 0 Å². The Kier molecular flexibility index (Phi) is 3.31. The molecule has 1 unspecified atom stereocenters. The van der Waals surface area contributed by atoms with Gasteiger partial charge in [-0.3, -0.25) is 0 Å². The highest BCUT2D eigenvalue weighted by Crippen LogP contribution is 2.29. The van der Waals surface area contributed by atoms with Crippen molar-refractivity contribution in [1.82, 2.24) is 9.55 Å². The van der Waals surface area contributed by atoms with Crippen LogP contribution in [0, 0.1) is 5.82 Å². The van der Waals surface area contributed by atoms with Gasteiger partial charge in [0.05, 0.1) is 23.7 Å². The zero-order chi connectivity index (χ0) is 14.8. The molecule has 0 aliphatic carbocycles. The minimum Gasteiger partial charge on any atom is -0.397 e. The molecular weight excluding hydrogens is 267 g/mol. The van der Waals surface area contributed by atoms with E-state index in [0.717, 1.165) is 11.1 Å². The first kappa shape index (κ1) is 13.2. The molecule has 4 nitrogen and oxygen atoms in total. The average Bonchev–Trinajstić information content (AvgIpc) is 2.99. The number of rotatable bonds is 3. The molecule has 0 fully saturated rings. The third-order valence-corrected chi connectivity index (χ3v) is 3.44. The van der Waals surface area contributed by atoms with Crippen LogP contribution in [0.15, 0.2) is 61.2 Å². The smallest absolute Gasteiger partial charge is 0.123 e. The molecule has 1 atom stereocenters. The van der Waals surface area contributed by atoms with Crippen LogP contribution in [0.25, 0.3) is 0 Å². The molecule has 3 rings (SSSR count). The van der Waals surface area contributed by atoms with Crippen LogP contribution in [0.2, 0.25) is 0 Å². The highest BCUT2D eigenvalue weighted by molar-refractivity contribution is 5.64. The first-order valence-corrected chi connectivity index (χ1v) is 6.53. The fourth-order valence-electron chi connectivity index (χ4n) is 2.37. The van der Waals surface area contributed by atoms with Crippen molar-refractivity contribution < 1.29 is 4.39 Å². The van der Waals surface area contributed by atoms with E-state index in [4.69, 9.17) is 11.5 Å². The van der Waals surface area contributed by atoms with Crippen molar-refractivity contribution >= 4 is 11.4 Å². The summed E-state index contributed by atoms with van der Waals surface area (Å²) in [5, 5.41) is 0. The van der Waals surface area contributed by atoms with Gasteiger partial charge in [0.15, 0.2) is 0 Å². The van der Waals surface area contributed by atoms with Gasteiger partial charge in [-0.05, 0) is 35.4 Å². The lowest BCUT2D eigenvalue weighted by atomic mass is 9.97. The molecule has 106 valence electrons. The molecule has 3 aromatic rings. The third kappa shape index (κ3) is 2.58. The molecule has 2 aromatic carbocycles. The molecular formula is C16H15FN4. The van der Waals surface area contributed by atoms with Crippen molar-refractivity contribution in [3.05, 3.63) is 78.1 Å². The zero-order valence-corrected chi connectivity index (χ0v) is 11.3. The molecule has 0 radical (unpaired) electrons. The molecule has 0 aliphatic heterocycles. The quantitative estimate of drug-likeness (QED) is 0.726. The van der Waals surface area contributed by atoms with Crippen LogP contribution in [0.4, 0.5) is 15.8 Å². The fourth-order valence-corrected chi connectivity index (χ4v) is 2.37. The summed E-state index contributed by atoms with van der Waals surface area (Å²) in [4.78, 5) is 4.08. The Morgan fingerprint density at radius 3 is 2.29 bits per heavy atom. The summed E-state index contributed by atoms with van der Waals surface area (Å²) >= 11 is 0. The van der Waals surface area contributed by atoms with E-state index < -0.39 is 0 Å². The van der Waals surface area contributed by atoms with Crippen molar-refractivity contribution in [2.24, 2.45) is 0 Å². The number of imidazole rings is 1. The monoisotopic (exact) mass is 282 g/mol. The van der Waals surface area contributed by atoms with E-state index in [2.05, 4.69) is 4.98 Å². The molecule has 4 N–H and O–H groups in total. The van der Waals surface area contributed by atoms with E-state index >= 15 is 0 Å². The van der Waals surface area contributed by atoms with E-state index in [9.17, 15) is 4.39 Å². The zero-order valence-electron chi connectivity index (χ0n) is 11.3. The van der Waals surface area contributed by atoms with Gasteiger partial charge in [-0.2, -0.15) is 0 Å². The molecule has 0 saturated carbocycles. The van der Waals surface area contributed by atoms with Gasteiger partial charge < -0.3 is 16.0 Å². The average molecular weight is 282 g/mol. The van der Waals surface area contributed by atoms with Crippen molar-refractivity contribution in [3.8, 4) is 0 Å². The largest absolute Gasteiger partial charge is 0.397 e. The fraction of sp³-hybridized carbons (Fsp3) is 0.0625. The maximum atomic E-state index is 13.2. The van der Waals surface area contributed by atoms with Gasteiger partial charge in [-0.25, -0.2) is 9.37 Å².